The molecular weight excluding hydrogens is 336 g/mol. The maximum absolute atomic E-state index is 12.5. The summed E-state index contributed by atoms with van der Waals surface area (Å²) in [6.45, 7) is 6.26. The lowest BCUT2D eigenvalue weighted by Crippen LogP contribution is -2.44. The van der Waals surface area contributed by atoms with E-state index in [1.165, 1.54) is 5.56 Å². The summed E-state index contributed by atoms with van der Waals surface area (Å²) in [7, 11) is 0. The molecule has 7 heteroatoms. The van der Waals surface area contributed by atoms with Crippen LogP contribution in [0.2, 0.25) is 0 Å². The van der Waals surface area contributed by atoms with Gasteiger partial charge in [-0.3, -0.25) is 14.5 Å². The van der Waals surface area contributed by atoms with Crippen LogP contribution in [0.3, 0.4) is 0 Å². The molecule has 3 rings (SSSR count). The Kier molecular flexibility index (Phi) is 5.34. The average Bonchev–Trinajstić information content (AvgIpc) is 2.88. The third-order valence-corrected chi connectivity index (χ3v) is 4.74. The molecule has 2 N–H and O–H groups in total. The zero-order valence-corrected chi connectivity index (χ0v) is 15.6. The quantitative estimate of drug-likeness (QED) is 0.822. The molecule has 1 saturated heterocycles. The third-order valence-electron chi connectivity index (χ3n) is 4.43. The van der Waals surface area contributed by atoms with E-state index in [-0.39, 0.29) is 30.7 Å². The molecule has 6 nitrogen and oxygen atoms in total. The largest absolute Gasteiger partial charge is 0.375 e. The maximum Gasteiger partial charge on any atom is 0.240 e. The molecule has 1 aliphatic heterocycles. The molecule has 1 amide bonds. The lowest BCUT2D eigenvalue weighted by Gasteiger charge is -2.32. The smallest absolute Gasteiger partial charge is 0.240 e. The first-order valence-electron chi connectivity index (χ1n) is 8.59. The van der Waals surface area contributed by atoms with Crippen molar-refractivity contribution >= 4 is 18.1 Å². The first-order valence-corrected chi connectivity index (χ1v) is 9.00. The number of hydrogen-bond donors (Lipinski definition) is 2. The number of benzene rings is 1. The van der Waals surface area contributed by atoms with Gasteiger partial charge in [0.05, 0.1) is 12.2 Å². The van der Waals surface area contributed by atoms with Gasteiger partial charge in [0.2, 0.25) is 5.91 Å². The second kappa shape index (κ2) is 7.49. The van der Waals surface area contributed by atoms with Crippen molar-refractivity contribution in [3.63, 3.8) is 0 Å². The monoisotopic (exact) mass is 360 g/mol. The van der Waals surface area contributed by atoms with E-state index < -0.39 is 0 Å². The predicted octanol–water partition coefficient (Wildman–Crippen LogP) is 2.99. The first kappa shape index (κ1) is 17.8. The normalized spacial score (nSPS) is 23.4. The molecule has 25 heavy (non-hydrogen) atoms. The van der Waals surface area contributed by atoms with E-state index >= 15 is 0 Å². The molecule has 0 aliphatic carbocycles. The van der Waals surface area contributed by atoms with Gasteiger partial charge in [0.15, 0.2) is 10.6 Å². The third kappa shape index (κ3) is 4.35. The average molecular weight is 360 g/mol. The molecule has 1 aliphatic rings. The number of aryl methyl sites for hydroxylation is 1. The molecule has 0 saturated carbocycles. The highest BCUT2D eigenvalue weighted by Gasteiger charge is 2.25. The molecule has 0 bridgehead atoms. The Bertz CT molecular complexity index is 786. The number of rotatable bonds is 4. The molecule has 0 spiro atoms. The Morgan fingerprint density at radius 3 is 2.60 bits per heavy atom. The van der Waals surface area contributed by atoms with Crippen LogP contribution >= 0.6 is 12.2 Å². The number of aromatic amines is 1. The van der Waals surface area contributed by atoms with Crippen LogP contribution in [0.15, 0.2) is 24.3 Å². The molecule has 1 fully saturated rings. The van der Waals surface area contributed by atoms with E-state index in [2.05, 4.69) is 15.5 Å². The van der Waals surface area contributed by atoms with Gasteiger partial charge in [-0.05, 0) is 45.8 Å². The van der Waals surface area contributed by atoms with Crippen molar-refractivity contribution in [1.82, 2.24) is 20.1 Å². The summed E-state index contributed by atoms with van der Waals surface area (Å²) in [5, 5.41) is 10.2. The summed E-state index contributed by atoms with van der Waals surface area (Å²) in [6.07, 6.45) is 1.98. The van der Waals surface area contributed by atoms with Crippen molar-refractivity contribution in [2.24, 2.45) is 0 Å². The fourth-order valence-electron chi connectivity index (χ4n) is 3.33. The van der Waals surface area contributed by atoms with Crippen molar-refractivity contribution < 1.29 is 9.53 Å². The van der Waals surface area contributed by atoms with Gasteiger partial charge in [-0.25, -0.2) is 0 Å². The number of H-pyrrole nitrogens is 1. The number of carbonyl (C=O) groups is 1. The molecule has 1 aromatic carbocycles. The van der Waals surface area contributed by atoms with Crippen molar-refractivity contribution in [3.8, 4) is 11.4 Å². The highest BCUT2D eigenvalue weighted by atomic mass is 32.1. The fourth-order valence-corrected chi connectivity index (χ4v) is 3.52. The van der Waals surface area contributed by atoms with Crippen LogP contribution in [0.5, 0.6) is 0 Å². The Labute approximate surface area is 152 Å². The van der Waals surface area contributed by atoms with E-state index in [1.807, 2.05) is 45.0 Å². The number of hydrogen-bond acceptors (Lipinski definition) is 4. The second-order valence-corrected chi connectivity index (χ2v) is 7.18. The van der Waals surface area contributed by atoms with Gasteiger partial charge >= 0.3 is 0 Å². The van der Waals surface area contributed by atoms with Crippen molar-refractivity contribution in [3.05, 3.63) is 34.6 Å². The summed E-state index contributed by atoms with van der Waals surface area (Å²) in [5.74, 6) is 0.617. The molecule has 2 aromatic rings. The van der Waals surface area contributed by atoms with E-state index in [0.717, 1.165) is 18.4 Å². The molecule has 2 atom stereocenters. The van der Waals surface area contributed by atoms with Crippen LogP contribution in [0.4, 0.5) is 0 Å². The zero-order chi connectivity index (χ0) is 18.0. The molecule has 0 unspecified atom stereocenters. The molecule has 1 aromatic heterocycles. The SMILES string of the molecule is Cc1ccc(-c2n[nH]c(=S)n2CC(=O)NC2C[C@H](C)O[C@@H](C)C2)cc1. The molecule has 2 heterocycles. The van der Waals surface area contributed by atoms with Crippen LogP contribution in [-0.4, -0.2) is 38.9 Å². The van der Waals surface area contributed by atoms with Gasteiger partial charge in [-0.1, -0.05) is 29.8 Å². The van der Waals surface area contributed by atoms with Gasteiger partial charge in [0.25, 0.3) is 0 Å². The number of ether oxygens (including phenoxy) is 1. The fraction of sp³-hybridized carbons (Fsp3) is 0.500. The molecular formula is C18H24N4O2S. The highest BCUT2D eigenvalue weighted by molar-refractivity contribution is 7.71. The number of nitrogens with one attached hydrogen (secondary N) is 2. The van der Waals surface area contributed by atoms with Crippen molar-refractivity contribution in [2.45, 2.75) is 58.4 Å². The van der Waals surface area contributed by atoms with E-state index in [9.17, 15) is 4.79 Å². The van der Waals surface area contributed by atoms with Crippen LogP contribution in [0, 0.1) is 11.7 Å². The van der Waals surface area contributed by atoms with Crippen LogP contribution in [-0.2, 0) is 16.1 Å². The topological polar surface area (TPSA) is 71.9 Å². The zero-order valence-electron chi connectivity index (χ0n) is 14.8. The Morgan fingerprint density at radius 2 is 1.96 bits per heavy atom. The summed E-state index contributed by atoms with van der Waals surface area (Å²) in [5.41, 5.74) is 2.10. The van der Waals surface area contributed by atoms with Crippen molar-refractivity contribution in [1.29, 1.82) is 0 Å². The number of amides is 1. The summed E-state index contributed by atoms with van der Waals surface area (Å²) in [4.78, 5) is 12.5. The maximum atomic E-state index is 12.5. The summed E-state index contributed by atoms with van der Waals surface area (Å²) < 4.78 is 7.90. The number of carbonyl (C=O) groups excluding carboxylic acids is 1. The number of nitrogens with zero attached hydrogens (tertiary/aromatic N) is 2. The van der Waals surface area contributed by atoms with E-state index in [4.69, 9.17) is 17.0 Å². The predicted molar refractivity (Wildman–Crippen MR) is 98.8 cm³/mol. The summed E-state index contributed by atoms with van der Waals surface area (Å²) in [6, 6.07) is 8.13. The highest BCUT2D eigenvalue weighted by Crippen LogP contribution is 2.20. The van der Waals surface area contributed by atoms with E-state index in [1.54, 1.807) is 4.57 Å². The van der Waals surface area contributed by atoms with Crippen LogP contribution in [0.1, 0.15) is 32.3 Å². The standard InChI is InChI=1S/C18H24N4O2S/c1-11-4-6-14(7-5-11)17-20-21-18(25)22(17)10-16(23)19-15-8-12(2)24-13(3)9-15/h4-7,12-13,15H,8-10H2,1-3H3,(H,19,23)(H,21,25)/t12-,13-/m0/s1. The molecule has 134 valence electrons. The van der Waals surface area contributed by atoms with Gasteiger partial charge in [0.1, 0.15) is 6.54 Å². The molecule has 0 radical (unpaired) electrons. The van der Waals surface area contributed by atoms with Crippen molar-refractivity contribution in [2.75, 3.05) is 0 Å². The Balaban J connectivity index is 1.72. The van der Waals surface area contributed by atoms with Crippen LogP contribution in [0.25, 0.3) is 11.4 Å². The summed E-state index contributed by atoms with van der Waals surface area (Å²) >= 11 is 5.30. The Hall–Kier alpha value is -1.99. The minimum absolute atomic E-state index is 0.0582. The van der Waals surface area contributed by atoms with Crippen LogP contribution < -0.4 is 5.32 Å². The lowest BCUT2D eigenvalue weighted by molar-refractivity contribution is -0.124. The van der Waals surface area contributed by atoms with Gasteiger partial charge in [0, 0.05) is 11.6 Å². The van der Waals surface area contributed by atoms with Gasteiger partial charge < -0.3 is 10.1 Å². The van der Waals surface area contributed by atoms with Gasteiger partial charge in [-0.15, -0.1) is 0 Å². The van der Waals surface area contributed by atoms with Gasteiger partial charge in [-0.2, -0.15) is 5.10 Å². The lowest BCUT2D eigenvalue weighted by atomic mass is 10.00. The minimum Gasteiger partial charge on any atom is -0.375 e. The minimum atomic E-state index is -0.0582. The Morgan fingerprint density at radius 1 is 1.32 bits per heavy atom. The first-order chi connectivity index (χ1) is 11.9. The number of aromatic nitrogens is 3. The second-order valence-electron chi connectivity index (χ2n) is 6.80. The van der Waals surface area contributed by atoms with E-state index in [0.29, 0.717) is 10.6 Å².